The molecule has 128 valence electrons. The second-order valence-corrected chi connectivity index (χ2v) is 6.94. The summed E-state index contributed by atoms with van der Waals surface area (Å²) in [5.41, 5.74) is 3.55. The molecule has 2 rings (SSSR count). The van der Waals surface area contributed by atoms with Gasteiger partial charge in [-0.2, -0.15) is 5.10 Å². The number of hydrazone groups is 1. The van der Waals surface area contributed by atoms with Crippen molar-refractivity contribution >= 4 is 51.9 Å². The highest BCUT2D eigenvalue weighted by atomic mass is 35.5. The maximum Gasteiger partial charge on any atom is 0.0784 e. The van der Waals surface area contributed by atoms with Crippen molar-refractivity contribution in [2.24, 2.45) is 5.10 Å². The Morgan fingerprint density at radius 2 is 1.67 bits per heavy atom. The molecule has 2 aromatic rings. The molecule has 2 aromatic carbocycles. The van der Waals surface area contributed by atoms with E-state index in [0.29, 0.717) is 15.1 Å². The second kappa shape index (κ2) is 8.11. The zero-order chi connectivity index (χ0) is 17.9. The van der Waals surface area contributed by atoms with Gasteiger partial charge in [-0.25, -0.2) is 0 Å². The topological polar surface area (TPSA) is 27.6 Å². The third-order valence-electron chi connectivity index (χ3n) is 3.54. The lowest BCUT2D eigenvalue weighted by molar-refractivity contribution is 0.713. The van der Waals surface area contributed by atoms with Crippen LogP contribution in [0.25, 0.3) is 0 Å². The van der Waals surface area contributed by atoms with E-state index in [4.69, 9.17) is 39.9 Å². The Labute approximate surface area is 158 Å². The van der Waals surface area contributed by atoms with Gasteiger partial charge >= 0.3 is 0 Å². The van der Waals surface area contributed by atoms with Crippen molar-refractivity contribution in [2.75, 3.05) is 17.4 Å². The summed E-state index contributed by atoms with van der Waals surface area (Å²) >= 11 is 18.5. The molecule has 0 heterocycles. The first-order chi connectivity index (χ1) is 11.3. The zero-order valence-corrected chi connectivity index (χ0v) is 16.3. The Kier molecular flexibility index (Phi) is 6.39. The van der Waals surface area contributed by atoms with Crippen LogP contribution in [-0.4, -0.2) is 18.8 Å². The highest BCUT2D eigenvalue weighted by Crippen LogP contribution is 2.31. The van der Waals surface area contributed by atoms with Crippen molar-refractivity contribution in [3.63, 3.8) is 0 Å². The third-order valence-corrected chi connectivity index (χ3v) is 4.32. The van der Waals surface area contributed by atoms with Gasteiger partial charge in [0, 0.05) is 34.4 Å². The number of hydrogen-bond acceptors (Lipinski definition) is 3. The van der Waals surface area contributed by atoms with Crippen LogP contribution in [0.4, 0.5) is 11.4 Å². The quantitative estimate of drug-likeness (QED) is 0.482. The molecule has 0 aliphatic heterocycles. The summed E-state index contributed by atoms with van der Waals surface area (Å²) in [5, 5.41) is 11.7. The molecular weight excluding hydrogens is 365 g/mol. The van der Waals surface area contributed by atoms with Crippen molar-refractivity contribution in [3.05, 3.63) is 57.0 Å². The van der Waals surface area contributed by atoms with E-state index in [1.807, 2.05) is 43.2 Å². The van der Waals surface area contributed by atoms with Crippen LogP contribution in [0.2, 0.25) is 15.1 Å². The molecule has 0 saturated carbocycles. The van der Waals surface area contributed by atoms with E-state index in [1.54, 1.807) is 12.1 Å². The predicted molar refractivity (Wildman–Crippen MR) is 107 cm³/mol. The lowest BCUT2D eigenvalue weighted by Gasteiger charge is -2.26. The minimum absolute atomic E-state index is 0.121. The molecule has 0 spiro atoms. The molecule has 24 heavy (non-hydrogen) atoms. The summed E-state index contributed by atoms with van der Waals surface area (Å²) in [6.45, 7) is 6.06. The molecule has 0 bridgehead atoms. The zero-order valence-electron chi connectivity index (χ0n) is 14.1. The average molecular weight is 385 g/mol. The van der Waals surface area contributed by atoms with Crippen LogP contribution in [0.1, 0.15) is 26.3 Å². The van der Waals surface area contributed by atoms with E-state index in [-0.39, 0.29) is 6.04 Å². The minimum atomic E-state index is 0.121. The van der Waals surface area contributed by atoms with E-state index >= 15 is 0 Å². The Morgan fingerprint density at radius 3 is 2.25 bits per heavy atom. The Hall–Kier alpha value is -1.42. The first-order valence-corrected chi connectivity index (χ1v) is 8.74. The Morgan fingerprint density at radius 1 is 1.04 bits per heavy atom. The molecule has 0 aliphatic carbocycles. The van der Waals surface area contributed by atoms with Crippen molar-refractivity contribution < 1.29 is 0 Å². The summed E-state index contributed by atoms with van der Waals surface area (Å²) in [7, 11) is 1.87. The molecule has 0 saturated heterocycles. The largest absolute Gasteiger partial charge is 0.388 e. The standard InChI is InChI=1S/C18H20Cl3N3/c1-11(2)24(18-8-6-14(20)10-16(18)21)23-12(3)15-9-13(19)5-7-17(15)22-4/h5-11,22H,1-4H3/b23-12-. The molecule has 0 amide bonds. The number of hydrogen-bond donors (Lipinski definition) is 1. The maximum atomic E-state index is 6.35. The summed E-state index contributed by atoms with van der Waals surface area (Å²) in [4.78, 5) is 0. The van der Waals surface area contributed by atoms with Gasteiger partial charge in [-0.1, -0.05) is 34.8 Å². The molecule has 3 nitrogen and oxygen atoms in total. The van der Waals surface area contributed by atoms with Crippen LogP contribution in [0, 0.1) is 0 Å². The summed E-state index contributed by atoms with van der Waals surface area (Å²) in [6.07, 6.45) is 0. The molecule has 0 atom stereocenters. The van der Waals surface area contributed by atoms with Crippen molar-refractivity contribution in [1.82, 2.24) is 0 Å². The molecule has 0 fully saturated rings. The fourth-order valence-corrected chi connectivity index (χ4v) is 3.03. The van der Waals surface area contributed by atoms with Gasteiger partial charge in [0.1, 0.15) is 0 Å². The highest BCUT2D eigenvalue weighted by Gasteiger charge is 2.15. The van der Waals surface area contributed by atoms with Gasteiger partial charge in [0.2, 0.25) is 0 Å². The van der Waals surface area contributed by atoms with Gasteiger partial charge < -0.3 is 5.32 Å². The van der Waals surface area contributed by atoms with E-state index in [0.717, 1.165) is 22.6 Å². The highest BCUT2D eigenvalue weighted by molar-refractivity contribution is 6.36. The van der Waals surface area contributed by atoms with Crippen LogP contribution < -0.4 is 10.3 Å². The predicted octanol–water partition coefficient (Wildman–Crippen LogP) is 6.33. The summed E-state index contributed by atoms with van der Waals surface area (Å²) < 4.78 is 0. The van der Waals surface area contributed by atoms with Crippen molar-refractivity contribution in [1.29, 1.82) is 0 Å². The summed E-state index contributed by atoms with van der Waals surface area (Å²) in [6, 6.07) is 11.2. The van der Waals surface area contributed by atoms with Crippen molar-refractivity contribution in [2.45, 2.75) is 26.8 Å². The Bertz CT molecular complexity index is 757. The normalized spacial score (nSPS) is 11.8. The second-order valence-electron chi connectivity index (χ2n) is 5.66. The fraction of sp³-hybridized carbons (Fsp3) is 0.278. The van der Waals surface area contributed by atoms with Gasteiger partial charge in [-0.15, -0.1) is 0 Å². The molecule has 1 N–H and O–H groups in total. The summed E-state index contributed by atoms with van der Waals surface area (Å²) in [5.74, 6) is 0. The lowest BCUT2D eigenvalue weighted by atomic mass is 10.1. The maximum absolute atomic E-state index is 6.35. The molecule has 0 aliphatic rings. The SMILES string of the molecule is CNc1ccc(Cl)cc1/C(C)=N\N(c1ccc(Cl)cc1Cl)C(C)C. The van der Waals surface area contributed by atoms with E-state index in [2.05, 4.69) is 19.2 Å². The fourth-order valence-electron chi connectivity index (χ4n) is 2.36. The third kappa shape index (κ3) is 4.35. The van der Waals surface area contributed by atoms with Gasteiger partial charge in [-0.3, -0.25) is 5.01 Å². The first kappa shape index (κ1) is 18.9. The van der Waals surface area contributed by atoms with E-state index in [9.17, 15) is 0 Å². The number of anilines is 2. The molecule has 6 heteroatoms. The van der Waals surface area contributed by atoms with Gasteiger partial charge in [0.05, 0.1) is 16.4 Å². The van der Waals surface area contributed by atoms with Gasteiger partial charge in [0.25, 0.3) is 0 Å². The van der Waals surface area contributed by atoms with Crippen molar-refractivity contribution in [3.8, 4) is 0 Å². The molecule has 0 aromatic heterocycles. The van der Waals surface area contributed by atoms with Gasteiger partial charge in [0.15, 0.2) is 0 Å². The number of nitrogens with one attached hydrogen (secondary N) is 1. The molecule has 0 radical (unpaired) electrons. The molecule has 0 unspecified atom stereocenters. The van der Waals surface area contributed by atoms with Crippen LogP contribution in [-0.2, 0) is 0 Å². The van der Waals surface area contributed by atoms with Crippen LogP contribution in [0.3, 0.4) is 0 Å². The van der Waals surface area contributed by atoms with E-state index < -0.39 is 0 Å². The first-order valence-electron chi connectivity index (χ1n) is 7.60. The number of benzene rings is 2. The van der Waals surface area contributed by atoms with Crippen LogP contribution in [0.5, 0.6) is 0 Å². The molecular formula is C18H20Cl3N3. The van der Waals surface area contributed by atoms with Crippen LogP contribution in [0.15, 0.2) is 41.5 Å². The monoisotopic (exact) mass is 383 g/mol. The smallest absolute Gasteiger partial charge is 0.0784 e. The lowest BCUT2D eigenvalue weighted by Crippen LogP contribution is -2.27. The Balaban J connectivity index is 2.49. The van der Waals surface area contributed by atoms with E-state index in [1.165, 1.54) is 0 Å². The average Bonchev–Trinajstić information content (AvgIpc) is 2.52. The van der Waals surface area contributed by atoms with Crippen LogP contribution >= 0.6 is 34.8 Å². The number of halogens is 3. The van der Waals surface area contributed by atoms with Gasteiger partial charge in [-0.05, 0) is 57.2 Å². The number of rotatable bonds is 5. The number of nitrogens with zero attached hydrogens (tertiary/aromatic N) is 2. The minimum Gasteiger partial charge on any atom is -0.388 e.